The van der Waals surface area contributed by atoms with Crippen molar-refractivity contribution in [1.29, 1.82) is 0 Å². The highest BCUT2D eigenvalue weighted by atomic mass is 32.2. The molecule has 1 heterocycles. The summed E-state index contributed by atoms with van der Waals surface area (Å²) in [6.07, 6.45) is 7.92. The molecule has 1 amide bonds. The van der Waals surface area contributed by atoms with Crippen molar-refractivity contribution in [3.63, 3.8) is 0 Å². The molecule has 4 fully saturated rings. The number of carbonyl (C=O) groups is 1. The van der Waals surface area contributed by atoms with Crippen LogP contribution in [0.1, 0.15) is 44.1 Å². The first-order chi connectivity index (χ1) is 12.9. The van der Waals surface area contributed by atoms with Crippen LogP contribution in [0.25, 0.3) is 0 Å². The molecule has 0 unspecified atom stereocenters. The zero-order valence-corrected chi connectivity index (χ0v) is 16.1. The van der Waals surface area contributed by atoms with E-state index in [4.69, 9.17) is 0 Å². The smallest absolute Gasteiger partial charge is 0.263 e. The molecule has 7 heteroatoms. The summed E-state index contributed by atoms with van der Waals surface area (Å²) < 4.78 is 26.6. The number of sulfonamides is 1. The fourth-order valence-corrected chi connectivity index (χ4v) is 7.50. The Hall–Kier alpha value is -1.89. The average Bonchev–Trinajstić information content (AvgIpc) is 2.88. The summed E-state index contributed by atoms with van der Waals surface area (Å²) >= 11 is 0. The largest absolute Gasteiger partial charge is 0.354 e. The minimum atomic E-state index is -3.56. The molecule has 4 aliphatic carbocycles. The van der Waals surface area contributed by atoms with Gasteiger partial charge in [0.2, 0.25) is 5.91 Å². The number of carbonyl (C=O) groups excluding carboxylic acids is 1. The maximum absolute atomic E-state index is 12.4. The fourth-order valence-electron chi connectivity index (χ4n) is 6.25. The van der Waals surface area contributed by atoms with Gasteiger partial charge >= 0.3 is 0 Å². The van der Waals surface area contributed by atoms with Crippen LogP contribution in [0.15, 0.2) is 34.2 Å². The van der Waals surface area contributed by atoms with Crippen molar-refractivity contribution in [2.24, 2.45) is 28.2 Å². The molecule has 1 aromatic carbocycles. The Labute approximate surface area is 159 Å². The van der Waals surface area contributed by atoms with Crippen LogP contribution in [0.5, 0.6) is 0 Å². The van der Waals surface area contributed by atoms with Gasteiger partial charge in [-0.15, -0.1) is 0 Å². The summed E-state index contributed by atoms with van der Waals surface area (Å²) in [5.74, 6) is 2.70. The lowest BCUT2D eigenvalue weighted by Gasteiger charge is -2.56. The second kappa shape index (κ2) is 6.06. The molecule has 144 valence electrons. The molecular weight excluding hydrogens is 362 g/mol. The number of rotatable bonds is 4. The van der Waals surface area contributed by atoms with Crippen molar-refractivity contribution in [3.05, 3.63) is 29.8 Å². The van der Waals surface area contributed by atoms with E-state index in [1.807, 2.05) is 0 Å². The van der Waals surface area contributed by atoms with Gasteiger partial charge in [0.1, 0.15) is 12.4 Å². The van der Waals surface area contributed by atoms with E-state index in [0.29, 0.717) is 11.0 Å². The number of fused-ring (bicyclic) bond motifs is 1. The third-order valence-corrected chi connectivity index (χ3v) is 8.27. The van der Waals surface area contributed by atoms with Crippen LogP contribution in [0, 0.1) is 23.2 Å². The lowest BCUT2D eigenvalue weighted by Crippen LogP contribution is -2.51. The molecule has 6 nitrogen and oxygen atoms in total. The zero-order valence-electron chi connectivity index (χ0n) is 15.3. The molecule has 6 rings (SSSR count). The molecule has 5 aliphatic rings. The minimum absolute atomic E-state index is 0.0570. The maximum atomic E-state index is 12.4. The number of hydrogen-bond donors (Lipinski definition) is 2. The normalized spacial score (nSPS) is 36.4. The Morgan fingerprint density at radius 1 is 1.11 bits per heavy atom. The van der Waals surface area contributed by atoms with Gasteiger partial charge in [0.15, 0.2) is 0 Å². The van der Waals surface area contributed by atoms with Crippen LogP contribution >= 0.6 is 0 Å². The predicted octanol–water partition coefficient (Wildman–Crippen LogP) is 2.06. The van der Waals surface area contributed by atoms with Crippen LogP contribution < -0.4 is 10.0 Å². The van der Waals surface area contributed by atoms with Gasteiger partial charge < -0.3 is 5.32 Å². The summed E-state index contributed by atoms with van der Waals surface area (Å²) in [5.41, 5.74) is 0.824. The number of nitrogens with zero attached hydrogens (tertiary/aromatic N) is 1. The first kappa shape index (κ1) is 17.2. The number of aliphatic imine (C=N–C) groups is 1. The molecular formula is C20H25N3O3S. The quantitative estimate of drug-likeness (QED) is 0.829. The lowest BCUT2D eigenvalue weighted by molar-refractivity contribution is -0.121. The van der Waals surface area contributed by atoms with Gasteiger partial charge in [-0.25, -0.2) is 8.42 Å². The third-order valence-electron chi connectivity index (χ3n) is 6.87. The van der Waals surface area contributed by atoms with Crippen LogP contribution in [0.4, 0.5) is 0 Å². The zero-order chi connectivity index (χ0) is 18.6. The molecule has 0 aromatic heterocycles. The molecule has 2 N–H and O–H groups in total. The van der Waals surface area contributed by atoms with E-state index in [9.17, 15) is 13.2 Å². The molecule has 0 radical (unpaired) electrons. The molecule has 27 heavy (non-hydrogen) atoms. The first-order valence-electron chi connectivity index (χ1n) is 9.86. The molecule has 1 aromatic rings. The maximum Gasteiger partial charge on any atom is 0.263 e. The SMILES string of the molecule is O=C(CN=C1NS(=O)(=O)c2ccccc21)NCC12CC3CC(CC(C3)C1)C2. The van der Waals surface area contributed by atoms with Crippen LogP contribution in [0.3, 0.4) is 0 Å². The van der Waals surface area contributed by atoms with E-state index in [1.54, 1.807) is 24.3 Å². The monoisotopic (exact) mass is 387 g/mol. The van der Waals surface area contributed by atoms with Gasteiger partial charge in [-0.05, 0) is 73.8 Å². The summed E-state index contributed by atoms with van der Waals surface area (Å²) in [4.78, 5) is 16.8. The van der Waals surface area contributed by atoms with Gasteiger partial charge in [-0.2, -0.15) is 0 Å². The number of amidine groups is 1. The molecule has 4 saturated carbocycles. The van der Waals surface area contributed by atoms with E-state index in [-0.39, 0.29) is 23.2 Å². The average molecular weight is 388 g/mol. The summed E-state index contributed by atoms with van der Waals surface area (Å²) in [5, 5.41) is 3.09. The Morgan fingerprint density at radius 2 is 1.74 bits per heavy atom. The van der Waals surface area contributed by atoms with Gasteiger partial charge in [-0.3, -0.25) is 14.5 Å². The molecule has 0 saturated heterocycles. The topological polar surface area (TPSA) is 87.6 Å². The van der Waals surface area contributed by atoms with Crippen molar-refractivity contribution in [1.82, 2.24) is 10.0 Å². The number of benzene rings is 1. The van der Waals surface area contributed by atoms with E-state index >= 15 is 0 Å². The first-order valence-corrected chi connectivity index (χ1v) is 11.3. The number of nitrogens with one attached hydrogen (secondary N) is 2. The summed E-state index contributed by atoms with van der Waals surface area (Å²) in [7, 11) is -3.56. The van der Waals surface area contributed by atoms with Crippen LogP contribution in [-0.2, 0) is 14.8 Å². The molecule has 4 bridgehead atoms. The van der Waals surface area contributed by atoms with Crippen LogP contribution in [0.2, 0.25) is 0 Å². The van der Waals surface area contributed by atoms with Crippen molar-refractivity contribution in [3.8, 4) is 0 Å². The Bertz CT molecular complexity index is 887. The van der Waals surface area contributed by atoms with E-state index in [1.165, 1.54) is 38.5 Å². The second-order valence-electron chi connectivity index (χ2n) is 8.96. The van der Waals surface area contributed by atoms with E-state index in [2.05, 4.69) is 15.0 Å². The number of amides is 1. The summed E-state index contributed by atoms with van der Waals surface area (Å²) in [6, 6.07) is 6.70. The minimum Gasteiger partial charge on any atom is -0.354 e. The Morgan fingerprint density at radius 3 is 2.41 bits per heavy atom. The van der Waals surface area contributed by atoms with Crippen molar-refractivity contribution in [2.75, 3.05) is 13.1 Å². The fraction of sp³-hybridized carbons (Fsp3) is 0.600. The van der Waals surface area contributed by atoms with E-state index in [0.717, 1.165) is 24.3 Å². The van der Waals surface area contributed by atoms with Crippen molar-refractivity contribution < 1.29 is 13.2 Å². The molecule has 1 aliphatic heterocycles. The molecule has 0 spiro atoms. The van der Waals surface area contributed by atoms with Crippen LogP contribution in [-0.4, -0.2) is 33.3 Å². The lowest BCUT2D eigenvalue weighted by atomic mass is 9.49. The van der Waals surface area contributed by atoms with Gasteiger partial charge in [0, 0.05) is 12.1 Å². The van der Waals surface area contributed by atoms with Crippen molar-refractivity contribution in [2.45, 2.75) is 43.4 Å². The third kappa shape index (κ3) is 3.06. The Balaban J connectivity index is 1.23. The van der Waals surface area contributed by atoms with Gasteiger partial charge in [-0.1, -0.05) is 12.1 Å². The molecule has 0 atom stereocenters. The van der Waals surface area contributed by atoms with Crippen molar-refractivity contribution >= 4 is 21.8 Å². The summed E-state index contributed by atoms with van der Waals surface area (Å²) in [6.45, 7) is 0.682. The Kier molecular flexibility index (Phi) is 3.86. The standard InChI is InChI=1S/C20H25N3O3S/c24-18(11-21-19-16-3-1-2-4-17(16)27(25,26)23-19)22-12-20-8-13-5-14(9-20)7-15(6-13)10-20/h1-4,13-15H,5-12H2,(H,21,23)(H,22,24). The van der Waals surface area contributed by atoms with Gasteiger partial charge in [0.25, 0.3) is 10.0 Å². The predicted molar refractivity (Wildman–Crippen MR) is 102 cm³/mol. The highest BCUT2D eigenvalue weighted by molar-refractivity contribution is 7.90. The van der Waals surface area contributed by atoms with Gasteiger partial charge in [0.05, 0.1) is 4.90 Å². The highest BCUT2D eigenvalue weighted by Gasteiger charge is 2.50. The highest BCUT2D eigenvalue weighted by Crippen LogP contribution is 2.59. The van der Waals surface area contributed by atoms with E-state index < -0.39 is 10.0 Å². The number of hydrogen-bond acceptors (Lipinski definition) is 4. The second-order valence-corrected chi connectivity index (χ2v) is 10.6.